The number of piperazine rings is 1. The lowest BCUT2D eigenvalue weighted by atomic mass is 10.1. The van der Waals surface area contributed by atoms with E-state index in [4.69, 9.17) is 0 Å². The van der Waals surface area contributed by atoms with E-state index in [-0.39, 0.29) is 17.8 Å². The standard InChI is InChI=1S/C15H18FN3OS/c1-21-11-15(20)19-8-6-18(7-9-19)14(10-17)12-2-4-13(16)5-3-12/h2-5,14H,6-9,11H2,1H3/t14-/m1/s1. The Morgan fingerprint density at radius 3 is 2.48 bits per heavy atom. The van der Waals surface area contributed by atoms with Gasteiger partial charge in [-0.05, 0) is 24.0 Å². The van der Waals surface area contributed by atoms with Crippen LogP contribution in [0, 0.1) is 17.1 Å². The zero-order chi connectivity index (χ0) is 15.2. The number of carbonyl (C=O) groups is 1. The van der Waals surface area contributed by atoms with Crippen LogP contribution in [-0.2, 0) is 4.79 Å². The van der Waals surface area contributed by atoms with Crippen molar-refractivity contribution in [2.24, 2.45) is 0 Å². The molecule has 0 N–H and O–H groups in total. The second-order valence-electron chi connectivity index (χ2n) is 4.93. The molecule has 0 spiro atoms. The Labute approximate surface area is 128 Å². The van der Waals surface area contributed by atoms with Gasteiger partial charge < -0.3 is 4.90 Å². The lowest BCUT2D eigenvalue weighted by Crippen LogP contribution is -2.50. The molecule has 0 radical (unpaired) electrons. The van der Waals surface area contributed by atoms with Crippen LogP contribution >= 0.6 is 11.8 Å². The number of benzene rings is 1. The van der Waals surface area contributed by atoms with Crippen LogP contribution in [0.4, 0.5) is 4.39 Å². The van der Waals surface area contributed by atoms with E-state index in [0.29, 0.717) is 31.9 Å². The number of carbonyl (C=O) groups excluding carboxylic acids is 1. The molecule has 112 valence electrons. The van der Waals surface area contributed by atoms with E-state index < -0.39 is 0 Å². The molecule has 0 aliphatic carbocycles. The maximum atomic E-state index is 13.0. The van der Waals surface area contributed by atoms with Crippen molar-refractivity contribution >= 4 is 17.7 Å². The van der Waals surface area contributed by atoms with Gasteiger partial charge in [0.2, 0.25) is 5.91 Å². The first-order valence-electron chi connectivity index (χ1n) is 6.81. The average Bonchev–Trinajstić information content (AvgIpc) is 2.51. The molecule has 1 heterocycles. The fraction of sp³-hybridized carbons (Fsp3) is 0.467. The number of nitrogens with zero attached hydrogens (tertiary/aromatic N) is 3. The average molecular weight is 307 g/mol. The number of rotatable bonds is 4. The van der Waals surface area contributed by atoms with Gasteiger partial charge in [0.05, 0.1) is 11.8 Å². The van der Waals surface area contributed by atoms with Gasteiger partial charge in [-0.25, -0.2) is 4.39 Å². The minimum absolute atomic E-state index is 0.150. The van der Waals surface area contributed by atoms with Crippen molar-refractivity contribution in [1.29, 1.82) is 5.26 Å². The molecular formula is C15H18FN3OS. The highest BCUT2D eigenvalue weighted by molar-refractivity contribution is 7.99. The van der Waals surface area contributed by atoms with Crippen molar-refractivity contribution in [1.82, 2.24) is 9.80 Å². The van der Waals surface area contributed by atoms with Gasteiger partial charge in [-0.2, -0.15) is 17.0 Å². The van der Waals surface area contributed by atoms with Crippen molar-refractivity contribution in [3.05, 3.63) is 35.6 Å². The molecule has 1 aromatic carbocycles. The van der Waals surface area contributed by atoms with Crippen LogP contribution in [0.2, 0.25) is 0 Å². The third kappa shape index (κ3) is 3.96. The van der Waals surface area contributed by atoms with Crippen molar-refractivity contribution < 1.29 is 9.18 Å². The minimum Gasteiger partial charge on any atom is -0.339 e. The van der Waals surface area contributed by atoms with Crippen LogP contribution in [0.25, 0.3) is 0 Å². The quantitative estimate of drug-likeness (QED) is 0.852. The maximum absolute atomic E-state index is 13.0. The summed E-state index contributed by atoms with van der Waals surface area (Å²) in [6.45, 7) is 2.60. The first-order chi connectivity index (χ1) is 10.2. The topological polar surface area (TPSA) is 47.3 Å². The molecular weight excluding hydrogens is 289 g/mol. The van der Waals surface area contributed by atoms with Gasteiger partial charge in [0.15, 0.2) is 0 Å². The van der Waals surface area contributed by atoms with Gasteiger partial charge in [-0.1, -0.05) is 12.1 Å². The van der Waals surface area contributed by atoms with Gasteiger partial charge in [-0.3, -0.25) is 9.69 Å². The molecule has 0 bridgehead atoms. The molecule has 1 amide bonds. The second kappa shape index (κ2) is 7.43. The number of hydrogen-bond acceptors (Lipinski definition) is 4. The van der Waals surface area contributed by atoms with Crippen LogP contribution in [-0.4, -0.2) is 53.9 Å². The molecule has 0 aromatic heterocycles. The lowest BCUT2D eigenvalue weighted by molar-refractivity contribution is -0.130. The largest absolute Gasteiger partial charge is 0.339 e. The summed E-state index contributed by atoms with van der Waals surface area (Å²) >= 11 is 1.52. The second-order valence-corrected chi connectivity index (χ2v) is 5.80. The summed E-state index contributed by atoms with van der Waals surface area (Å²) in [7, 11) is 0. The zero-order valence-electron chi connectivity index (χ0n) is 12.0. The molecule has 1 fully saturated rings. The summed E-state index contributed by atoms with van der Waals surface area (Å²) < 4.78 is 13.0. The van der Waals surface area contributed by atoms with Crippen LogP contribution in [0.15, 0.2) is 24.3 Å². The van der Waals surface area contributed by atoms with E-state index >= 15 is 0 Å². The Balaban J connectivity index is 1.98. The van der Waals surface area contributed by atoms with Crippen molar-refractivity contribution in [3.8, 4) is 6.07 Å². The van der Waals surface area contributed by atoms with Crippen LogP contribution in [0.1, 0.15) is 11.6 Å². The molecule has 4 nitrogen and oxygen atoms in total. The first-order valence-corrected chi connectivity index (χ1v) is 8.21. The molecule has 21 heavy (non-hydrogen) atoms. The molecule has 6 heteroatoms. The Kier molecular flexibility index (Phi) is 5.59. The maximum Gasteiger partial charge on any atom is 0.232 e. The van der Waals surface area contributed by atoms with E-state index in [2.05, 4.69) is 6.07 Å². The zero-order valence-corrected chi connectivity index (χ0v) is 12.8. The van der Waals surface area contributed by atoms with Crippen LogP contribution in [0.3, 0.4) is 0 Å². The molecule has 0 unspecified atom stereocenters. The summed E-state index contributed by atoms with van der Waals surface area (Å²) in [6.07, 6.45) is 1.91. The smallest absolute Gasteiger partial charge is 0.232 e. The van der Waals surface area contributed by atoms with Gasteiger partial charge in [0, 0.05) is 26.2 Å². The highest BCUT2D eigenvalue weighted by atomic mass is 32.2. The normalized spacial score (nSPS) is 17.3. The SMILES string of the molecule is CSCC(=O)N1CCN([C@H](C#N)c2ccc(F)cc2)CC1. The fourth-order valence-corrected chi connectivity index (χ4v) is 2.89. The summed E-state index contributed by atoms with van der Waals surface area (Å²) in [5.41, 5.74) is 0.794. The first kappa shape index (κ1) is 15.8. The van der Waals surface area contributed by atoms with E-state index in [1.807, 2.05) is 16.1 Å². The predicted octanol–water partition coefficient (Wildman–Crippen LogP) is 1.90. The number of thioether (sulfide) groups is 1. The lowest BCUT2D eigenvalue weighted by Gasteiger charge is -2.37. The predicted molar refractivity (Wildman–Crippen MR) is 81.3 cm³/mol. The summed E-state index contributed by atoms with van der Waals surface area (Å²) in [4.78, 5) is 15.7. The minimum atomic E-state index is -0.386. The van der Waals surface area contributed by atoms with Crippen LogP contribution < -0.4 is 0 Å². The molecule has 0 saturated carbocycles. The van der Waals surface area contributed by atoms with Gasteiger partial charge in [0.1, 0.15) is 11.9 Å². The molecule has 1 aromatic rings. The Morgan fingerprint density at radius 2 is 1.95 bits per heavy atom. The number of hydrogen-bond donors (Lipinski definition) is 0. The molecule has 1 aliphatic rings. The van der Waals surface area contributed by atoms with E-state index in [1.54, 1.807) is 12.1 Å². The molecule has 1 aliphatic heterocycles. The van der Waals surface area contributed by atoms with Crippen LogP contribution in [0.5, 0.6) is 0 Å². The van der Waals surface area contributed by atoms with Gasteiger partial charge in [-0.15, -0.1) is 0 Å². The Morgan fingerprint density at radius 1 is 1.33 bits per heavy atom. The van der Waals surface area contributed by atoms with E-state index in [0.717, 1.165) is 5.56 Å². The molecule has 2 rings (SSSR count). The molecule has 1 atom stereocenters. The third-order valence-electron chi connectivity index (χ3n) is 3.61. The van der Waals surface area contributed by atoms with Crippen molar-refractivity contribution in [2.75, 3.05) is 38.2 Å². The van der Waals surface area contributed by atoms with Crippen molar-refractivity contribution in [2.45, 2.75) is 6.04 Å². The summed E-state index contributed by atoms with van der Waals surface area (Å²) in [5, 5.41) is 9.39. The number of halogens is 1. The monoisotopic (exact) mass is 307 g/mol. The fourth-order valence-electron chi connectivity index (χ4n) is 2.46. The van der Waals surface area contributed by atoms with Gasteiger partial charge >= 0.3 is 0 Å². The highest BCUT2D eigenvalue weighted by Crippen LogP contribution is 2.22. The third-order valence-corrected chi connectivity index (χ3v) is 4.14. The van der Waals surface area contributed by atoms with E-state index in [9.17, 15) is 14.4 Å². The summed E-state index contributed by atoms with van der Waals surface area (Å²) in [5.74, 6) is 0.347. The number of amides is 1. The summed E-state index contributed by atoms with van der Waals surface area (Å²) in [6, 6.07) is 7.93. The van der Waals surface area contributed by atoms with E-state index in [1.165, 1.54) is 23.9 Å². The Hall–Kier alpha value is -1.58. The van der Waals surface area contributed by atoms with Gasteiger partial charge in [0.25, 0.3) is 0 Å². The highest BCUT2D eigenvalue weighted by Gasteiger charge is 2.26. The Bertz CT molecular complexity index is 521. The number of nitriles is 1. The van der Waals surface area contributed by atoms with Crippen molar-refractivity contribution in [3.63, 3.8) is 0 Å². The molecule has 1 saturated heterocycles.